The van der Waals surface area contributed by atoms with Gasteiger partial charge >= 0.3 is 5.97 Å². The van der Waals surface area contributed by atoms with Crippen LogP contribution >= 0.6 is 0 Å². The van der Waals surface area contributed by atoms with Crippen LogP contribution in [0.1, 0.15) is 48.4 Å². The van der Waals surface area contributed by atoms with Gasteiger partial charge in [-0.3, -0.25) is 19.9 Å². The molecule has 2 saturated heterocycles. The SMILES string of the molecule is N=C(N)c1ccc(C2CC(CC3(OCc4ccccc4)CCN(CC(=O)O)CC3)ON2)cc1. The largest absolute Gasteiger partial charge is 0.480 e. The van der Waals surface area contributed by atoms with Crippen molar-refractivity contribution in [2.75, 3.05) is 19.6 Å². The molecule has 8 heteroatoms. The van der Waals surface area contributed by atoms with Crippen LogP contribution < -0.4 is 11.2 Å². The summed E-state index contributed by atoms with van der Waals surface area (Å²) in [6, 6.07) is 17.9. The summed E-state index contributed by atoms with van der Waals surface area (Å²) in [5, 5.41) is 16.7. The zero-order valence-electron chi connectivity index (χ0n) is 18.7. The summed E-state index contributed by atoms with van der Waals surface area (Å²) >= 11 is 0. The highest BCUT2D eigenvalue weighted by atomic mass is 16.7. The molecule has 0 aliphatic carbocycles. The molecule has 2 aromatic rings. The van der Waals surface area contributed by atoms with Gasteiger partial charge in [0.2, 0.25) is 0 Å². The molecule has 0 saturated carbocycles. The van der Waals surface area contributed by atoms with Crippen LogP contribution in [0.25, 0.3) is 0 Å². The van der Waals surface area contributed by atoms with Crippen LogP contribution in [0.15, 0.2) is 54.6 Å². The lowest BCUT2D eigenvalue weighted by atomic mass is 9.84. The van der Waals surface area contributed by atoms with Crippen LogP contribution in [-0.2, 0) is 21.0 Å². The first-order valence-corrected chi connectivity index (χ1v) is 11.4. The highest BCUT2D eigenvalue weighted by molar-refractivity contribution is 5.94. The summed E-state index contributed by atoms with van der Waals surface area (Å²) in [7, 11) is 0. The van der Waals surface area contributed by atoms with E-state index in [1.54, 1.807) is 0 Å². The van der Waals surface area contributed by atoms with E-state index in [2.05, 4.69) is 17.6 Å². The molecule has 8 nitrogen and oxygen atoms in total. The number of piperidine rings is 1. The number of carboxylic acids is 1. The van der Waals surface area contributed by atoms with Gasteiger partial charge in [0.1, 0.15) is 5.84 Å². The maximum absolute atomic E-state index is 11.1. The van der Waals surface area contributed by atoms with Gasteiger partial charge in [-0.25, -0.2) is 0 Å². The number of hydrogen-bond acceptors (Lipinski definition) is 6. The second-order valence-electron chi connectivity index (χ2n) is 9.01. The molecule has 0 bridgehead atoms. The number of hydroxylamine groups is 1. The first kappa shape index (κ1) is 23.4. The number of nitrogen functional groups attached to an aromatic ring is 1. The molecule has 33 heavy (non-hydrogen) atoms. The molecule has 2 aromatic carbocycles. The molecule has 2 unspecified atom stereocenters. The number of rotatable bonds is 9. The number of likely N-dealkylation sites (tertiary alicyclic amines) is 1. The Morgan fingerprint density at radius 2 is 1.88 bits per heavy atom. The molecular formula is C25H32N4O4. The van der Waals surface area contributed by atoms with Crippen LogP contribution in [0.5, 0.6) is 0 Å². The average Bonchev–Trinajstić information content (AvgIpc) is 3.28. The van der Waals surface area contributed by atoms with Crippen molar-refractivity contribution in [2.24, 2.45) is 5.73 Å². The summed E-state index contributed by atoms with van der Waals surface area (Å²) in [6.07, 6.45) is 3.09. The van der Waals surface area contributed by atoms with Crippen molar-refractivity contribution in [3.8, 4) is 0 Å². The van der Waals surface area contributed by atoms with Gasteiger partial charge in [0.25, 0.3) is 0 Å². The molecule has 0 spiro atoms. The second-order valence-corrected chi connectivity index (χ2v) is 9.01. The summed E-state index contributed by atoms with van der Waals surface area (Å²) in [5.74, 6) is -0.739. The Hall–Kier alpha value is -2.78. The van der Waals surface area contributed by atoms with Gasteiger partial charge in [-0.1, -0.05) is 54.6 Å². The Bertz CT molecular complexity index is 943. The Morgan fingerprint density at radius 3 is 2.52 bits per heavy atom. The number of aliphatic carboxylic acids is 1. The number of carboxylic acid groups (broad SMARTS) is 1. The van der Waals surface area contributed by atoms with Gasteiger partial charge in [0.15, 0.2) is 0 Å². The molecule has 2 atom stereocenters. The number of hydrogen-bond donors (Lipinski definition) is 4. The fourth-order valence-electron chi connectivity index (χ4n) is 4.70. The topological polar surface area (TPSA) is 121 Å². The summed E-state index contributed by atoms with van der Waals surface area (Å²) in [6.45, 7) is 1.97. The number of nitrogens with two attached hydrogens (primary N) is 1. The van der Waals surface area contributed by atoms with Crippen LogP contribution in [0, 0.1) is 5.41 Å². The minimum atomic E-state index is -0.797. The lowest BCUT2D eigenvalue weighted by Gasteiger charge is -2.42. The predicted octanol–water partition coefficient (Wildman–Crippen LogP) is 2.83. The van der Waals surface area contributed by atoms with Crippen molar-refractivity contribution in [3.05, 3.63) is 71.3 Å². The van der Waals surface area contributed by atoms with Crippen LogP contribution in [0.4, 0.5) is 0 Å². The van der Waals surface area contributed by atoms with Gasteiger partial charge in [-0.2, -0.15) is 5.48 Å². The number of nitrogens with zero attached hydrogens (tertiary/aromatic N) is 1. The predicted molar refractivity (Wildman–Crippen MR) is 125 cm³/mol. The minimum Gasteiger partial charge on any atom is -0.480 e. The van der Waals surface area contributed by atoms with E-state index in [0.29, 0.717) is 25.3 Å². The average molecular weight is 453 g/mol. The van der Waals surface area contributed by atoms with E-state index in [0.717, 1.165) is 36.8 Å². The standard InChI is InChI=1S/C25H32N4O4/c26-24(27)20-8-6-19(7-9-20)22-14-21(33-28-22)15-25(32-17-18-4-2-1-3-5-18)10-12-29(13-11-25)16-23(30)31/h1-9,21-22,28H,10-17H2,(H3,26,27)(H,30,31). The maximum atomic E-state index is 11.1. The number of amidine groups is 1. The Kier molecular flexibility index (Phi) is 7.39. The van der Waals surface area contributed by atoms with Crippen molar-refractivity contribution < 1.29 is 19.5 Å². The zero-order valence-corrected chi connectivity index (χ0v) is 18.7. The Morgan fingerprint density at radius 1 is 1.18 bits per heavy atom. The zero-order chi connectivity index (χ0) is 23.3. The molecule has 0 radical (unpaired) electrons. The van der Waals surface area contributed by atoms with Crippen molar-refractivity contribution >= 4 is 11.8 Å². The third-order valence-corrected chi connectivity index (χ3v) is 6.61. The summed E-state index contributed by atoms with van der Waals surface area (Å²) in [4.78, 5) is 19.1. The van der Waals surface area contributed by atoms with E-state index in [1.165, 1.54) is 0 Å². The molecular weight excluding hydrogens is 420 g/mol. The number of carbonyl (C=O) groups is 1. The highest BCUT2D eigenvalue weighted by Gasteiger charge is 2.41. The molecule has 2 heterocycles. The number of nitrogens with one attached hydrogen (secondary N) is 2. The molecule has 0 amide bonds. The monoisotopic (exact) mass is 452 g/mol. The van der Waals surface area contributed by atoms with Crippen molar-refractivity contribution in [1.29, 1.82) is 5.41 Å². The maximum Gasteiger partial charge on any atom is 0.317 e. The lowest BCUT2D eigenvalue weighted by Crippen LogP contribution is -2.49. The van der Waals surface area contributed by atoms with Crippen molar-refractivity contribution in [2.45, 2.75) is 50.0 Å². The van der Waals surface area contributed by atoms with Gasteiger partial charge in [0, 0.05) is 25.1 Å². The smallest absolute Gasteiger partial charge is 0.317 e. The molecule has 5 N–H and O–H groups in total. The van der Waals surface area contributed by atoms with Gasteiger partial charge in [-0.05, 0) is 30.4 Å². The van der Waals surface area contributed by atoms with E-state index in [1.807, 2.05) is 47.4 Å². The van der Waals surface area contributed by atoms with Gasteiger partial charge < -0.3 is 15.6 Å². The third-order valence-electron chi connectivity index (χ3n) is 6.61. The second kappa shape index (κ2) is 10.4. The van der Waals surface area contributed by atoms with Crippen molar-refractivity contribution in [3.63, 3.8) is 0 Å². The van der Waals surface area contributed by atoms with Crippen LogP contribution in [0.3, 0.4) is 0 Å². The molecule has 176 valence electrons. The van der Waals surface area contributed by atoms with E-state index in [9.17, 15) is 4.79 Å². The van der Waals surface area contributed by atoms with E-state index in [4.69, 9.17) is 25.8 Å². The van der Waals surface area contributed by atoms with E-state index in [-0.39, 0.29) is 30.1 Å². The minimum absolute atomic E-state index is 0.00993. The lowest BCUT2D eigenvalue weighted by molar-refractivity contribution is -0.143. The normalized spacial score (nSPS) is 22.8. The first-order valence-electron chi connectivity index (χ1n) is 11.4. The van der Waals surface area contributed by atoms with Crippen LogP contribution in [-0.4, -0.2) is 53.2 Å². The summed E-state index contributed by atoms with van der Waals surface area (Å²) in [5.41, 5.74) is 11.3. The molecule has 2 fully saturated rings. The quantitative estimate of drug-likeness (QED) is 0.341. The van der Waals surface area contributed by atoms with Gasteiger partial charge in [-0.15, -0.1) is 0 Å². The molecule has 2 aliphatic heterocycles. The van der Waals surface area contributed by atoms with Gasteiger partial charge in [0.05, 0.1) is 30.9 Å². The third kappa shape index (κ3) is 6.17. The fourth-order valence-corrected chi connectivity index (χ4v) is 4.70. The van der Waals surface area contributed by atoms with E-state index < -0.39 is 5.97 Å². The summed E-state index contributed by atoms with van der Waals surface area (Å²) < 4.78 is 6.54. The van der Waals surface area contributed by atoms with Crippen LogP contribution in [0.2, 0.25) is 0 Å². The number of benzene rings is 2. The Labute approximate surface area is 194 Å². The Balaban J connectivity index is 1.40. The van der Waals surface area contributed by atoms with Crippen molar-refractivity contribution in [1.82, 2.24) is 10.4 Å². The number of ether oxygens (including phenoxy) is 1. The molecule has 0 aromatic heterocycles. The fraction of sp³-hybridized carbons (Fsp3) is 0.440. The first-order chi connectivity index (χ1) is 15.9. The molecule has 2 aliphatic rings. The highest BCUT2D eigenvalue weighted by Crippen LogP contribution is 2.37. The molecule has 4 rings (SSSR count). The van der Waals surface area contributed by atoms with E-state index >= 15 is 0 Å².